The number of halogens is 2. The Hall–Kier alpha value is -1.10. The van der Waals surface area contributed by atoms with Crippen molar-refractivity contribution < 1.29 is 13.0 Å². The van der Waals surface area contributed by atoms with E-state index in [1.165, 1.54) is 6.07 Å². The third-order valence-corrected chi connectivity index (χ3v) is 4.88. The number of hydrogen-bond donors (Lipinski definition) is 0. The van der Waals surface area contributed by atoms with Crippen molar-refractivity contribution in [2.24, 2.45) is 4.40 Å². The smallest absolute Gasteiger partial charge is 0.234 e. The molecule has 20 heavy (non-hydrogen) atoms. The van der Waals surface area contributed by atoms with Crippen molar-refractivity contribution >= 4 is 16.7 Å². The summed E-state index contributed by atoms with van der Waals surface area (Å²) in [5, 5.41) is 0. The Morgan fingerprint density at radius 1 is 1.35 bits per heavy atom. The molecule has 0 unspecified atom stereocenters. The molecule has 1 aromatic rings. The normalized spacial score (nSPS) is 19.8. The predicted octanol–water partition coefficient (Wildman–Crippen LogP) is 4.00. The predicted molar refractivity (Wildman–Crippen MR) is 78.8 cm³/mol. The van der Waals surface area contributed by atoms with Crippen molar-refractivity contribution in [3.8, 4) is 0 Å². The van der Waals surface area contributed by atoms with Crippen LogP contribution in [0.25, 0.3) is 0 Å². The van der Waals surface area contributed by atoms with E-state index in [1.54, 1.807) is 19.1 Å². The summed E-state index contributed by atoms with van der Waals surface area (Å²) in [6.07, 6.45) is 0.183. The summed E-state index contributed by atoms with van der Waals surface area (Å²) in [4.78, 5) is 0. The zero-order valence-electron chi connectivity index (χ0n) is 12.2. The molecule has 1 aromatic carbocycles. The number of alkyl halides is 2. The Labute approximate surface area is 120 Å². The molecule has 0 aliphatic heterocycles. The minimum atomic E-state index is -2.76. The second-order valence-corrected chi connectivity index (χ2v) is 7.98. The number of fused-ring (bicyclic) bond motifs is 1. The van der Waals surface area contributed by atoms with Crippen molar-refractivity contribution in [2.75, 3.05) is 0 Å². The van der Waals surface area contributed by atoms with Gasteiger partial charge in [0, 0.05) is 17.5 Å². The van der Waals surface area contributed by atoms with Crippen molar-refractivity contribution in [3.63, 3.8) is 0 Å². The van der Waals surface area contributed by atoms with E-state index in [1.807, 2.05) is 20.8 Å². The number of hydrogen-bond acceptors (Lipinski definition) is 1. The van der Waals surface area contributed by atoms with Gasteiger partial charge in [-0.3, -0.25) is 0 Å². The highest BCUT2D eigenvalue weighted by molar-refractivity contribution is 7.85. The Kier molecular flexibility index (Phi) is 3.84. The molecular formula is C15H19F2NOS. The summed E-state index contributed by atoms with van der Waals surface area (Å²) in [5.74, 6) is -2.76. The minimum absolute atomic E-state index is 0.0890. The van der Waals surface area contributed by atoms with Gasteiger partial charge in [-0.1, -0.05) is 18.2 Å². The standard InChI is InChI=1S/C15H19F2NOS/c1-10(18-20(19)14(2,3)4)11-6-5-7-13-12(11)8-9-15(13,16)17/h5-7H,8-9H2,1-4H3/t20-/m1/s1. The Morgan fingerprint density at radius 2 is 2.00 bits per heavy atom. The van der Waals surface area contributed by atoms with E-state index < -0.39 is 21.7 Å². The van der Waals surface area contributed by atoms with Crippen molar-refractivity contribution in [1.29, 1.82) is 0 Å². The molecule has 0 fully saturated rings. The van der Waals surface area contributed by atoms with Crippen LogP contribution in [0.2, 0.25) is 0 Å². The van der Waals surface area contributed by atoms with E-state index in [9.17, 15) is 13.0 Å². The van der Waals surface area contributed by atoms with Crippen molar-refractivity contribution in [2.45, 2.75) is 51.2 Å². The van der Waals surface area contributed by atoms with Crippen LogP contribution in [0.5, 0.6) is 0 Å². The van der Waals surface area contributed by atoms with Gasteiger partial charge in [0.15, 0.2) is 0 Å². The fraction of sp³-hybridized carbons (Fsp3) is 0.533. The lowest BCUT2D eigenvalue weighted by atomic mass is 10.00. The molecule has 0 N–H and O–H groups in total. The van der Waals surface area contributed by atoms with Crippen molar-refractivity contribution in [3.05, 3.63) is 34.9 Å². The first-order chi connectivity index (χ1) is 9.13. The van der Waals surface area contributed by atoms with Gasteiger partial charge >= 0.3 is 0 Å². The zero-order valence-corrected chi connectivity index (χ0v) is 13.0. The molecule has 0 spiro atoms. The molecular weight excluding hydrogens is 280 g/mol. The van der Waals surface area contributed by atoms with Crippen LogP contribution in [0.1, 0.15) is 50.8 Å². The summed E-state index contributed by atoms with van der Waals surface area (Å²) >= 11 is 0. The largest absolute Gasteiger partial charge is 0.273 e. The van der Waals surface area contributed by atoms with Crippen LogP contribution in [0.15, 0.2) is 22.6 Å². The molecule has 0 bridgehead atoms. The van der Waals surface area contributed by atoms with E-state index in [-0.39, 0.29) is 12.0 Å². The molecule has 110 valence electrons. The van der Waals surface area contributed by atoms with E-state index in [4.69, 9.17) is 0 Å². The maximum Gasteiger partial charge on any atom is 0.273 e. The maximum absolute atomic E-state index is 13.7. The maximum atomic E-state index is 13.7. The van der Waals surface area contributed by atoms with E-state index in [0.29, 0.717) is 23.3 Å². The van der Waals surface area contributed by atoms with Gasteiger partial charge in [-0.25, -0.2) is 13.0 Å². The average molecular weight is 299 g/mol. The summed E-state index contributed by atoms with van der Waals surface area (Å²) < 4.78 is 43.2. The van der Waals surface area contributed by atoms with Gasteiger partial charge in [-0.05, 0) is 39.7 Å². The highest BCUT2D eigenvalue weighted by atomic mass is 32.2. The lowest BCUT2D eigenvalue weighted by Gasteiger charge is -2.15. The lowest BCUT2D eigenvalue weighted by molar-refractivity contribution is -0.00184. The quantitative estimate of drug-likeness (QED) is 0.759. The van der Waals surface area contributed by atoms with Gasteiger partial charge in [-0.2, -0.15) is 4.40 Å². The highest BCUT2D eigenvalue weighted by Crippen LogP contribution is 2.42. The fourth-order valence-electron chi connectivity index (χ4n) is 2.26. The average Bonchev–Trinajstić information content (AvgIpc) is 2.64. The monoisotopic (exact) mass is 299 g/mol. The van der Waals surface area contributed by atoms with Crippen LogP contribution < -0.4 is 0 Å². The Morgan fingerprint density at radius 3 is 2.60 bits per heavy atom. The Bertz CT molecular complexity index is 588. The van der Waals surface area contributed by atoms with Crippen LogP contribution >= 0.6 is 0 Å². The third kappa shape index (κ3) is 2.82. The SMILES string of the molecule is CC(=N[S@](=O)C(C)(C)C)c1cccc2c1CCC2(F)F. The molecule has 5 heteroatoms. The molecule has 1 aliphatic carbocycles. The summed E-state index contributed by atoms with van der Waals surface area (Å²) in [6.45, 7) is 7.24. The lowest BCUT2D eigenvalue weighted by Crippen LogP contribution is -2.21. The van der Waals surface area contributed by atoms with Gasteiger partial charge < -0.3 is 0 Å². The van der Waals surface area contributed by atoms with Gasteiger partial charge in [-0.15, -0.1) is 0 Å². The van der Waals surface area contributed by atoms with Crippen LogP contribution in [-0.2, 0) is 23.3 Å². The van der Waals surface area contributed by atoms with Crippen molar-refractivity contribution in [1.82, 2.24) is 0 Å². The van der Waals surface area contributed by atoms with Gasteiger partial charge in [0.2, 0.25) is 0 Å². The first-order valence-corrected chi connectivity index (χ1v) is 7.71. The minimum Gasteiger partial charge on any atom is -0.234 e. The van der Waals surface area contributed by atoms with Crippen LogP contribution in [0.4, 0.5) is 8.78 Å². The molecule has 0 heterocycles. The van der Waals surface area contributed by atoms with Crippen LogP contribution in [-0.4, -0.2) is 14.7 Å². The van der Waals surface area contributed by atoms with E-state index in [0.717, 1.165) is 0 Å². The first kappa shape index (κ1) is 15.3. The highest BCUT2D eigenvalue weighted by Gasteiger charge is 2.40. The molecule has 2 rings (SSSR count). The second-order valence-electron chi connectivity index (χ2n) is 6.07. The molecule has 0 amide bonds. The molecule has 1 atom stereocenters. The second kappa shape index (κ2) is 5.02. The number of rotatable bonds is 2. The van der Waals surface area contributed by atoms with Gasteiger partial charge in [0.1, 0.15) is 11.0 Å². The first-order valence-electron chi connectivity index (χ1n) is 6.61. The number of benzene rings is 1. The van der Waals surface area contributed by atoms with E-state index >= 15 is 0 Å². The molecule has 0 saturated heterocycles. The van der Waals surface area contributed by atoms with E-state index in [2.05, 4.69) is 4.40 Å². The summed E-state index contributed by atoms with van der Waals surface area (Å²) in [5.41, 5.74) is 1.99. The fourth-order valence-corrected chi connectivity index (χ4v) is 2.89. The zero-order chi connectivity index (χ0) is 15.1. The molecule has 2 nitrogen and oxygen atoms in total. The molecule has 0 aromatic heterocycles. The third-order valence-electron chi connectivity index (χ3n) is 3.39. The van der Waals surface area contributed by atoms with Gasteiger partial charge in [0.05, 0.1) is 10.5 Å². The van der Waals surface area contributed by atoms with Crippen LogP contribution in [0.3, 0.4) is 0 Å². The van der Waals surface area contributed by atoms with Gasteiger partial charge in [0.25, 0.3) is 5.92 Å². The summed E-state index contributed by atoms with van der Waals surface area (Å²) in [6, 6.07) is 4.87. The Balaban J connectivity index is 2.44. The topological polar surface area (TPSA) is 29.4 Å². The molecule has 1 aliphatic rings. The number of nitrogens with zero attached hydrogens (tertiary/aromatic N) is 1. The summed E-state index contributed by atoms with van der Waals surface area (Å²) in [7, 11) is -1.38. The molecule has 0 saturated carbocycles. The molecule has 0 radical (unpaired) electrons. The van der Waals surface area contributed by atoms with Crippen LogP contribution in [0, 0.1) is 0 Å².